The van der Waals surface area contributed by atoms with Crippen molar-refractivity contribution in [3.05, 3.63) is 33.2 Å². The Bertz CT molecular complexity index is 636. The third-order valence-corrected chi connectivity index (χ3v) is 4.15. The maximum Gasteiger partial charge on any atom is 0.303 e. The zero-order valence-corrected chi connectivity index (χ0v) is 13.0. The molecule has 6 nitrogen and oxygen atoms in total. The molecule has 2 N–H and O–H groups in total. The lowest BCUT2D eigenvalue weighted by molar-refractivity contribution is -0.137. The number of rotatable bonds is 4. The van der Waals surface area contributed by atoms with E-state index in [0.29, 0.717) is 25.1 Å². The summed E-state index contributed by atoms with van der Waals surface area (Å²) in [6.07, 6.45) is 2.47. The number of likely N-dealkylation sites (tertiary alicyclic amines) is 1. The fourth-order valence-corrected chi connectivity index (χ4v) is 3.09. The summed E-state index contributed by atoms with van der Waals surface area (Å²) >= 11 is 0. The normalized spacial score (nSPS) is 18.3. The van der Waals surface area contributed by atoms with E-state index in [1.165, 1.54) is 0 Å². The molecule has 6 heteroatoms. The lowest BCUT2D eigenvalue weighted by atomic mass is 9.93. The Morgan fingerprint density at radius 1 is 1.41 bits per heavy atom. The number of carboxylic acid groups (broad SMARTS) is 1. The van der Waals surface area contributed by atoms with Crippen LogP contribution in [0.2, 0.25) is 0 Å². The number of pyridine rings is 1. The molecule has 0 aliphatic carbocycles. The summed E-state index contributed by atoms with van der Waals surface area (Å²) in [6, 6.07) is 1.79. The van der Waals surface area contributed by atoms with Crippen LogP contribution in [0.4, 0.5) is 0 Å². The average molecular weight is 306 g/mol. The molecule has 1 aliphatic rings. The van der Waals surface area contributed by atoms with Gasteiger partial charge in [0.25, 0.3) is 11.5 Å². The fraction of sp³-hybridized carbons (Fsp3) is 0.562. The van der Waals surface area contributed by atoms with Crippen LogP contribution in [0.3, 0.4) is 0 Å². The summed E-state index contributed by atoms with van der Waals surface area (Å²) in [5, 5.41) is 8.77. The maximum atomic E-state index is 12.6. The van der Waals surface area contributed by atoms with Crippen LogP contribution in [0, 0.1) is 19.8 Å². The summed E-state index contributed by atoms with van der Waals surface area (Å²) in [4.78, 5) is 39.7. The molecule has 0 aromatic carbocycles. The SMILES string of the molecule is Cc1cc(C)c(C(=O)N2CCCC(CCC(=O)O)C2)c(=O)[nH]1. The van der Waals surface area contributed by atoms with Gasteiger partial charge in [0.05, 0.1) is 0 Å². The van der Waals surface area contributed by atoms with Crippen molar-refractivity contribution in [2.45, 2.75) is 39.5 Å². The monoisotopic (exact) mass is 306 g/mol. The minimum absolute atomic E-state index is 0.122. The number of carbonyl (C=O) groups is 2. The summed E-state index contributed by atoms with van der Waals surface area (Å²) in [7, 11) is 0. The Kier molecular flexibility index (Phi) is 5.00. The van der Waals surface area contributed by atoms with Crippen molar-refractivity contribution in [1.29, 1.82) is 0 Å². The Morgan fingerprint density at radius 2 is 2.14 bits per heavy atom. The number of amides is 1. The van der Waals surface area contributed by atoms with Crippen molar-refractivity contribution in [2.24, 2.45) is 5.92 Å². The highest BCUT2D eigenvalue weighted by Gasteiger charge is 2.27. The number of hydrogen-bond donors (Lipinski definition) is 2. The minimum Gasteiger partial charge on any atom is -0.481 e. The molecule has 1 atom stereocenters. The molecule has 2 heterocycles. The van der Waals surface area contributed by atoms with Crippen molar-refractivity contribution < 1.29 is 14.7 Å². The third kappa shape index (κ3) is 3.75. The van der Waals surface area contributed by atoms with E-state index in [4.69, 9.17) is 5.11 Å². The van der Waals surface area contributed by atoms with Gasteiger partial charge in [0, 0.05) is 25.2 Å². The summed E-state index contributed by atoms with van der Waals surface area (Å²) in [6.45, 7) is 4.70. The molecule has 1 saturated heterocycles. The standard InChI is InChI=1S/C16H22N2O4/c1-10-8-11(2)17-15(21)14(10)16(22)18-7-3-4-12(9-18)5-6-13(19)20/h8,12H,3-7,9H2,1-2H3,(H,17,21)(H,19,20). The van der Waals surface area contributed by atoms with Crippen LogP contribution in [0.25, 0.3) is 0 Å². The van der Waals surface area contributed by atoms with Gasteiger partial charge < -0.3 is 15.0 Å². The molecular weight excluding hydrogens is 284 g/mol. The molecule has 1 fully saturated rings. The van der Waals surface area contributed by atoms with Crippen LogP contribution >= 0.6 is 0 Å². The molecule has 1 aliphatic heterocycles. The number of hydrogen-bond acceptors (Lipinski definition) is 3. The van der Waals surface area contributed by atoms with Gasteiger partial charge in [-0.2, -0.15) is 0 Å². The molecule has 120 valence electrons. The van der Waals surface area contributed by atoms with E-state index in [-0.39, 0.29) is 29.4 Å². The highest BCUT2D eigenvalue weighted by molar-refractivity contribution is 5.95. The predicted octanol–water partition coefficient (Wildman–Crippen LogP) is 1.71. The van der Waals surface area contributed by atoms with E-state index in [0.717, 1.165) is 18.5 Å². The third-order valence-electron chi connectivity index (χ3n) is 4.15. The first kappa shape index (κ1) is 16.3. The molecular formula is C16H22N2O4. The number of carboxylic acids is 1. The van der Waals surface area contributed by atoms with Gasteiger partial charge >= 0.3 is 5.97 Å². The van der Waals surface area contributed by atoms with E-state index >= 15 is 0 Å². The number of nitrogens with zero attached hydrogens (tertiary/aromatic N) is 1. The van der Waals surface area contributed by atoms with Crippen molar-refractivity contribution in [3.63, 3.8) is 0 Å². The number of H-pyrrole nitrogens is 1. The van der Waals surface area contributed by atoms with Gasteiger partial charge in [-0.15, -0.1) is 0 Å². The van der Waals surface area contributed by atoms with Crippen LogP contribution in [0.5, 0.6) is 0 Å². The van der Waals surface area contributed by atoms with Crippen LogP contribution in [-0.2, 0) is 4.79 Å². The first-order valence-electron chi connectivity index (χ1n) is 7.60. The lowest BCUT2D eigenvalue weighted by Gasteiger charge is -2.32. The van der Waals surface area contributed by atoms with E-state index in [9.17, 15) is 14.4 Å². The average Bonchev–Trinajstić information content (AvgIpc) is 2.44. The number of aromatic nitrogens is 1. The molecule has 0 radical (unpaired) electrons. The Balaban J connectivity index is 2.12. The molecule has 0 spiro atoms. The number of piperidine rings is 1. The Morgan fingerprint density at radius 3 is 2.77 bits per heavy atom. The molecule has 1 aromatic heterocycles. The van der Waals surface area contributed by atoms with Crippen LogP contribution in [-0.4, -0.2) is 40.0 Å². The van der Waals surface area contributed by atoms with Crippen molar-refractivity contribution in [2.75, 3.05) is 13.1 Å². The highest BCUT2D eigenvalue weighted by atomic mass is 16.4. The second-order valence-corrected chi connectivity index (χ2v) is 6.03. The Hall–Kier alpha value is -2.11. The van der Waals surface area contributed by atoms with Crippen LogP contribution in [0.1, 0.15) is 47.3 Å². The molecule has 0 bridgehead atoms. The van der Waals surface area contributed by atoms with Crippen molar-refractivity contribution in [1.82, 2.24) is 9.88 Å². The van der Waals surface area contributed by atoms with Gasteiger partial charge in [-0.25, -0.2) is 0 Å². The maximum absolute atomic E-state index is 12.6. The van der Waals surface area contributed by atoms with Crippen molar-refractivity contribution >= 4 is 11.9 Å². The lowest BCUT2D eigenvalue weighted by Crippen LogP contribution is -2.42. The van der Waals surface area contributed by atoms with E-state index < -0.39 is 5.97 Å². The van der Waals surface area contributed by atoms with Gasteiger partial charge in [-0.3, -0.25) is 14.4 Å². The van der Waals surface area contributed by atoms with E-state index in [1.807, 2.05) is 0 Å². The molecule has 1 unspecified atom stereocenters. The molecule has 1 aromatic rings. The van der Waals surface area contributed by atoms with Gasteiger partial charge in [-0.05, 0) is 50.7 Å². The molecule has 2 rings (SSSR count). The van der Waals surface area contributed by atoms with E-state index in [2.05, 4.69) is 4.98 Å². The van der Waals surface area contributed by atoms with Gasteiger partial charge in [0.2, 0.25) is 0 Å². The molecule has 0 saturated carbocycles. The molecule has 22 heavy (non-hydrogen) atoms. The summed E-state index contributed by atoms with van der Waals surface area (Å²) in [5.41, 5.74) is 1.26. The highest BCUT2D eigenvalue weighted by Crippen LogP contribution is 2.22. The quantitative estimate of drug-likeness (QED) is 0.886. The number of carbonyl (C=O) groups excluding carboxylic acids is 1. The van der Waals surface area contributed by atoms with Gasteiger partial charge in [-0.1, -0.05) is 0 Å². The predicted molar refractivity (Wildman–Crippen MR) is 82.0 cm³/mol. The number of aromatic amines is 1. The first-order chi connectivity index (χ1) is 10.4. The summed E-state index contributed by atoms with van der Waals surface area (Å²) < 4.78 is 0. The minimum atomic E-state index is -0.811. The van der Waals surface area contributed by atoms with Gasteiger partial charge in [0.15, 0.2) is 0 Å². The van der Waals surface area contributed by atoms with E-state index in [1.54, 1.807) is 24.8 Å². The zero-order valence-electron chi connectivity index (χ0n) is 13.0. The largest absolute Gasteiger partial charge is 0.481 e. The first-order valence-corrected chi connectivity index (χ1v) is 7.60. The number of nitrogens with one attached hydrogen (secondary N) is 1. The smallest absolute Gasteiger partial charge is 0.303 e. The Labute approximate surface area is 129 Å². The number of aliphatic carboxylic acids is 1. The molecule has 1 amide bonds. The van der Waals surface area contributed by atoms with Crippen molar-refractivity contribution in [3.8, 4) is 0 Å². The second-order valence-electron chi connectivity index (χ2n) is 6.03. The number of aryl methyl sites for hydroxylation is 2. The van der Waals surface area contributed by atoms with Crippen LogP contribution in [0.15, 0.2) is 10.9 Å². The summed E-state index contributed by atoms with van der Waals surface area (Å²) in [5.74, 6) is -0.869. The second kappa shape index (κ2) is 6.77. The zero-order chi connectivity index (χ0) is 16.3. The van der Waals surface area contributed by atoms with Crippen LogP contribution < -0.4 is 5.56 Å². The van der Waals surface area contributed by atoms with Gasteiger partial charge in [0.1, 0.15) is 5.56 Å². The fourth-order valence-electron chi connectivity index (χ4n) is 3.09. The topological polar surface area (TPSA) is 90.5 Å².